The molecular formula is C16H24N2O3. The monoisotopic (exact) mass is 292 g/mol. The quantitative estimate of drug-likeness (QED) is 0.610. The Morgan fingerprint density at radius 3 is 2.62 bits per heavy atom. The summed E-state index contributed by atoms with van der Waals surface area (Å²) in [6.45, 7) is 8.36. The predicted molar refractivity (Wildman–Crippen MR) is 81.8 cm³/mol. The molecule has 0 bridgehead atoms. The molecule has 1 heterocycles. The van der Waals surface area contributed by atoms with E-state index < -0.39 is 0 Å². The molecule has 0 aromatic heterocycles. The first kappa shape index (κ1) is 15.8. The molecule has 0 radical (unpaired) electrons. The van der Waals surface area contributed by atoms with Crippen molar-refractivity contribution in [3.05, 3.63) is 29.8 Å². The molecule has 1 aromatic rings. The highest BCUT2D eigenvalue weighted by Crippen LogP contribution is 2.13. The van der Waals surface area contributed by atoms with Crippen LogP contribution in [0.4, 0.5) is 0 Å². The fraction of sp³-hybridized carbons (Fsp3) is 0.562. The van der Waals surface area contributed by atoms with Crippen LogP contribution < -0.4 is 10.1 Å². The van der Waals surface area contributed by atoms with Crippen LogP contribution in [0.1, 0.15) is 23.7 Å². The molecule has 0 atom stereocenters. The number of esters is 1. The number of benzene rings is 1. The first-order valence-corrected chi connectivity index (χ1v) is 7.62. The maximum absolute atomic E-state index is 11.5. The Morgan fingerprint density at radius 2 is 1.95 bits per heavy atom. The molecular weight excluding hydrogens is 268 g/mol. The number of nitrogens with one attached hydrogen (secondary N) is 1. The first-order chi connectivity index (χ1) is 10.3. The van der Waals surface area contributed by atoms with Crippen LogP contribution in [0.3, 0.4) is 0 Å². The molecule has 1 N–H and O–H groups in total. The van der Waals surface area contributed by atoms with Gasteiger partial charge in [0.25, 0.3) is 0 Å². The molecule has 1 fully saturated rings. The second kappa shape index (κ2) is 8.64. The summed E-state index contributed by atoms with van der Waals surface area (Å²) in [6.07, 6.45) is 1.01. The van der Waals surface area contributed by atoms with E-state index in [0.29, 0.717) is 18.8 Å². The van der Waals surface area contributed by atoms with Gasteiger partial charge >= 0.3 is 5.97 Å². The molecule has 0 saturated carbocycles. The Hall–Kier alpha value is -1.59. The van der Waals surface area contributed by atoms with Crippen molar-refractivity contribution in [2.45, 2.75) is 13.3 Å². The summed E-state index contributed by atoms with van der Waals surface area (Å²) in [6, 6.07) is 7.11. The minimum absolute atomic E-state index is 0.289. The summed E-state index contributed by atoms with van der Waals surface area (Å²) in [4.78, 5) is 14.0. The molecule has 0 amide bonds. The summed E-state index contributed by atoms with van der Waals surface area (Å²) in [5.41, 5.74) is 0.560. The van der Waals surface area contributed by atoms with Gasteiger partial charge in [-0.05, 0) is 37.6 Å². The molecule has 1 saturated heterocycles. The van der Waals surface area contributed by atoms with Gasteiger partial charge in [0.1, 0.15) is 5.75 Å². The van der Waals surface area contributed by atoms with Crippen molar-refractivity contribution < 1.29 is 14.3 Å². The molecule has 21 heavy (non-hydrogen) atoms. The Morgan fingerprint density at radius 1 is 1.24 bits per heavy atom. The normalized spacial score (nSPS) is 15.7. The van der Waals surface area contributed by atoms with Crippen molar-refractivity contribution in [3.63, 3.8) is 0 Å². The molecule has 116 valence electrons. The third kappa shape index (κ3) is 5.36. The van der Waals surface area contributed by atoms with Crippen LogP contribution in [0, 0.1) is 0 Å². The van der Waals surface area contributed by atoms with Gasteiger partial charge in [-0.15, -0.1) is 0 Å². The van der Waals surface area contributed by atoms with Gasteiger partial charge in [-0.3, -0.25) is 0 Å². The summed E-state index contributed by atoms with van der Waals surface area (Å²) >= 11 is 0. The lowest BCUT2D eigenvalue weighted by Crippen LogP contribution is -2.43. The third-order valence-corrected chi connectivity index (χ3v) is 3.46. The first-order valence-electron chi connectivity index (χ1n) is 7.62. The number of piperazine rings is 1. The highest BCUT2D eigenvalue weighted by Gasteiger charge is 2.09. The molecule has 0 unspecified atom stereocenters. The third-order valence-electron chi connectivity index (χ3n) is 3.46. The maximum atomic E-state index is 11.5. The molecule has 1 aliphatic heterocycles. The van der Waals surface area contributed by atoms with Crippen LogP contribution >= 0.6 is 0 Å². The van der Waals surface area contributed by atoms with Crippen LogP contribution in [0.5, 0.6) is 5.75 Å². The average Bonchev–Trinajstić information content (AvgIpc) is 2.53. The van der Waals surface area contributed by atoms with Gasteiger partial charge in [-0.2, -0.15) is 0 Å². The van der Waals surface area contributed by atoms with Crippen molar-refractivity contribution in [2.75, 3.05) is 45.9 Å². The van der Waals surface area contributed by atoms with Gasteiger partial charge in [0.05, 0.1) is 18.8 Å². The summed E-state index contributed by atoms with van der Waals surface area (Å²) in [5.74, 6) is 0.506. The molecule has 0 aliphatic carbocycles. The van der Waals surface area contributed by atoms with E-state index in [1.54, 1.807) is 19.1 Å². The second-order valence-electron chi connectivity index (χ2n) is 5.04. The standard InChI is InChI=1S/C16H24N2O3/c1-2-20-16(19)14-4-6-15(7-5-14)21-13-3-10-18-11-8-17-9-12-18/h4-7,17H,2-3,8-13H2,1H3. The van der Waals surface area contributed by atoms with Gasteiger partial charge in [-0.25, -0.2) is 4.79 Å². The van der Waals surface area contributed by atoms with Crippen molar-refractivity contribution in [2.24, 2.45) is 0 Å². The van der Waals surface area contributed by atoms with Gasteiger partial charge < -0.3 is 19.7 Å². The number of nitrogens with zero attached hydrogens (tertiary/aromatic N) is 1. The van der Waals surface area contributed by atoms with Crippen LogP contribution in [-0.4, -0.2) is 56.8 Å². The lowest BCUT2D eigenvalue weighted by Gasteiger charge is -2.26. The van der Waals surface area contributed by atoms with Crippen molar-refractivity contribution in [1.29, 1.82) is 0 Å². The molecule has 0 spiro atoms. The van der Waals surface area contributed by atoms with E-state index in [2.05, 4.69) is 10.2 Å². The molecule has 1 aromatic carbocycles. The SMILES string of the molecule is CCOC(=O)c1ccc(OCCCN2CCNCC2)cc1. The zero-order valence-electron chi connectivity index (χ0n) is 12.6. The van der Waals surface area contributed by atoms with Crippen LogP contribution in [0.2, 0.25) is 0 Å². The predicted octanol–water partition coefficient (Wildman–Crippen LogP) is 1.54. The number of rotatable bonds is 7. The van der Waals surface area contributed by atoms with E-state index in [4.69, 9.17) is 9.47 Å². The Bertz CT molecular complexity index is 428. The van der Waals surface area contributed by atoms with Crippen LogP contribution in [-0.2, 0) is 4.74 Å². The number of carbonyl (C=O) groups excluding carboxylic acids is 1. The number of hydrogen-bond acceptors (Lipinski definition) is 5. The average molecular weight is 292 g/mol. The summed E-state index contributed by atoms with van der Waals surface area (Å²) < 4.78 is 10.6. The minimum Gasteiger partial charge on any atom is -0.494 e. The number of carbonyl (C=O) groups is 1. The van der Waals surface area contributed by atoms with Gasteiger partial charge in [0.2, 0.25) is 0 Å². The Balaban J connectivity index is 1.67. The highest BCUT2D eigenvalue weighted by molar-refractivity contribution is 5.89. The van der Waals surface area contributed by atoms with E-state index in [0.717, 1.165) is 44.9 Å². The lowest BCUT2D eigenvalue weighted by molar-refractivity contribution is 0.0526. The number of hydrogen-bond donors (Lipinski definition) is 1. The van der Waals surface area contributed by atoms with E-state index >= 15 is 0 Å². The van der Waals surface area contributed by atoms with Gasteiger partial charge in [0.15, 0.2) is 0 Å². The van der Waals surface area contributed by atoms with E-state index in [1.165, 1.54) is 0 Å². The topological polar surface area (TPSA) is 50.8 Å². The molecule has 1 aliphatic rings. The largest absolute Gasteiger partial charge is 0.494 e. The summed E-state index contributed by atoms with van der Waals surface area (Å²) in [5, 5.41) is 3.34. The minimum atomic E-state index is -0.289. The Labute approximate surface area is 126 Å². The van der Waals surface area contributed by atoms with Crippen LogP contribution in [0.15, 0.2) is 24.3 Å². The zero-order chi connectivity index (χ0) is 14.9. The van der Waals surface area contributed by atoms with E-state index in [9.17, 15) is 4.79 Å². The smallest absolute Gasteiger partial charge is 0.338 e. The summed E-state index contributed by atoms with van der Waals surface area (Å²) in [7, 11) is 0. The molecule has 5 heteroatoms. The lowest BCUT2D eigenvalue weighted by atomic mass is 10.2. The molecule has 2 rings (SSSR count). The highest BCUT2D eigenvalue weighted by atomic mass is 16.5. The van der Waals surface area contributed by atoms with Crippen molar-refractivity contribution in [1.82, 2.24) is 10.2 Å². The van der Waals surface area contributed by atoms with Crippen molar-refractivity contribution in [3.8, 4) is 5.75 Å². The Kier molecular flexibility index (Phi) is 6.50. The van der Waals surface area contributed by atoms with E-state index in [1.807, 2.05) is 12.1 Å². The molecule has 5 nitrogen and oxygen atoms in total. The fourth-order valence-electron chi connectivity index (χ4n) is 2.31. The van der Waals surface area contributed by atoms with Crippen molar-refractivity contribution >= 4 is 5.97 Å². The number of ether oxygens (including phenoxy) is 2. The fourth-order valence-corrected chi connectivity index (χ4v) is 2.31. The zero-order valence-corrected chi connectivity index (χ0v) is 12.6. The second-order valence-corrected chi connectivity index (χ2v) is 5.04. The maximum Gasteiger partial charge on any atom is 0.338 e. The van der Waals surface area contributed by atoms with Crippen LogP contribution in [0.25, 0.3) is 0 Å². The van der Waals surface area contributed by atoms with E-state index in [-0.39, 0.29) is 5.97 Å². The van der Waals surface area contributed by atoms with Gasteiger partial charge in [0, 0.05) is 32.7 Å². The van der Waals surface area contributed by atoms with Gasteiger partial charge in [-0.1, -0.05) is 0 Å².